The van der Waals surface area contributed by atoms with Crippen LogP contribution in [0.25, 0.3) is 11.3 Å². The largest absolute Gasteiger partial charge is 0.495 e. The molecule has 0 spiro atoms. The van der Waals surface area contributed by atoms with Crippen LogP contribution in [0.4, 0.5) is 5.69 Å². The standard InChI is InChI=1S/C24H21ClN2OS/c1-28-23-13-12-19(16-21(23)25)22-17-29-24(26-20-10-6-3-7-11-20)27(22)15-14-18-8-4-2-5-9-18/h2-13,16-17H,14-15H2,1H3. The van der Waals surface area contributed by atoms with Crippen molar-refractivity contribution in [1.29, 1.82) is 0 Å². The monoisotopic (exact) mass is 420 g/mol. The SMILES string of the molecule is COc1ccc(-c2csc(=Nc3ccccc3)n2CCc2ccccc2)cc1Cl. The maximum Gasteiger partial charge on any atom is 0.190 e. The van der Waals surface area contributed by atoms with E-state index in [0.29, 0.717) is 10.8 Å². The third-order valence-corrected chi connectivity index (χ3v) is 5.85. The first-order chi connectivity index (χ1) is 14.2. The molecule has 0 bridgehead atoms. The highest BCUT2D eigenvalue weighted by Gasteiger charge is 2.11. The normalized spacial score (nSPS) is 11.6. The van der Waals surface area contributed by atoms with Gasteiger partial charge in [-0.15, -0.1) is 11.3 Å². The van der Waals surface area contributed by atoms with Gasteiger partial charge in [0.2, 0.25) is 0 Å². The molecule has 0 saturated carbocycles. The smallest absolute Gasteiger partial charge is 0.190 e. The topological polar surface area (TPSA) is 26.5 Å². The molecule has 0 radical (unpaired) electrons. The van der Waals surface area contributed by atoms with Gasteiger partial charge in [0.1, 0.15) is 5.75 Å². The first kappa shape index (κ1) is 19.5. The van der Waals surface area contributed by atoms with Gasteiger partial charge in [-0.2, -0.15) is 0 Å². The number of thiazole rings is 1. The first-order valence-corrected chi connectivity index (χ1v) is 10.7. The highest BCUT2D eigenvalue weighted by atomic mass is 35.5. The van der Waals surface area contributed by atoms with Crippen LogP contribution < -0.4 is 9.54 Å². The maximum absolute atomic E-state index is 6.39. The summed E-state index contributed by atoms with van der Waals surface area (Å²) < 4.78 is 7.57. The molecule has 1 aromatic heterocycles. The summed E-state index contributed by atoms with van der Waals surface area (Å²) in [5.41, 5.74) is 4.40. The summed E-state index contributed by atoms with van der Waals surface area (Å²) in [6, 6.07) is 26.5. The van der Waals surface area contributed by atoms with Crippen molar-refractivity contribution in [2.24, 2.45) is 4.99 Å². The fourth-order valence-corrected chi connectivity index (χ4v) is 4.40. The number of methoxy groups -OCH3 is 1. The Bertz CT molecular complexity index is 1150. The van der Waals surface area contributed by atoms with E-state index in [-0.39, 0.29) is 0 Å². The Labute approximate surface area is 179 Å². The summed E-state index contributed by atoms with van der Waals surface area (Å²) in [5.74, 6) is 0.677. The predicted molar refractivity (Wildman–Crippen MR) is 121 cm³/mol. The van der Waals surface area contributed by atoms with Gasteiger partial charge in [-0.1, -0.05) is 60.1 Å². The summed E-state index contributed by atoms with van der Waals surface area (Å²) in [7, 11) is 1.63. The van der Waals surface area contributed by atoms with E-state index in [1.807, 2.05) is 54.6 Å². The van der Waals surface area contributed by atoms with Crippen LogP contribution in [-0.2, 0) is 13.0 Å². The van der Waals surface area contributed by atoms with Crippen LogP contribution in [0.15, 0.2) is 89.2 Å². The molecule has 3 aromatic carbocycles. The number of para-hydroxylation sites is 1. The molecular weight excluding hydrogens is 400 g/mol. The fourth-order valence-electron chi connectivity index (χ4n) is 3.19. The van der Waals surface area contributed by atoms with Crippen LogP contribution in [0.2, 0.25) is 5.02 Å². The second kappa shape index (κ2) is 9.12. The van der Waals surface area contributed by atoms with E-state index in [1.165, 1.54) is 5.56 Å². The molecule has 0 unspecified atom stereocenters. The second-order valence-electron chi connectivity index (χ2n) is 6.59. The van der Waals surface area contributed by atoms with Crippen molar-refractivity contribution in [2.45, 2.75) is 13.0 Å². The minimum absolute atomic E-state index is 0.604. The van der Waals surface area contributed by atoms with E-state index in [0.717, 1.165) is 34.7 Å². The van der Waals surface area contributed by atoms with E-state index >= 15 is 0 Å². The Morgan fingerprint density at radius 3 is 2.38 bits per heavy atom. The highest BCUT2D eigenvalue weighted by molar-refractivity contribution is 7.07. The number of aryl methyl sites for hydroxylation is 1. The second-order valence-corrected chi connectivity index (χ2v) is 7.83. The van der Waals surface area contributed by atoms with Gasteiger partial charge in [0.15, 0.2) is 4.80 Å². The molecule has 1 heterocycles. The molecule has 146 valence electrons. The summed E-state index contributed by atoms with van der Waals surface area (Å²) in [5, 5.41) is 2.75. The van der Waals surface area contributed by atoms with E-state index in [4.69, 9.17) is 21.3 Å². The average molecular weight is 421 g/mol. The third-order valence-electron chi connectivity index (χ3n) is 4.69. The molecule has 0 aliphatic carbocycles. The van der Waals surface area contributed by atoms with E-state index in [1.54, 1.807) is 18.4 Å². The molecular formula is C24H21ClN2OS. The zero-order valence-corrected chi connectivity index (χ0v) is 17.7. The summed E-state index contributed by atoms with van der Waals surface area (Å²) in [6.07, 6.45) is 0.927. The summed E-state index contributed by atoms with van der Waals surface area (Å²) in [6.45, 7) is 0.832. The molecule has 0 fully saturated rings. The van der Waals surface area contributed by atoms with Gasteiger partial charge in [0, 0.05) is 17.5 Å². The lowest BCUT2D eigenvalue weighted by Gasteiger charge is -2.11. The molecule has 0 aliphatic rings. The molecule has 0 aliphatic heterocycles. The number of aromatic nitrogens is 1. The maximum atomic E-state index is 6.39. The van der Waals surface area contributed by atoms with Gasteiger partial charge in [-0.25, -0.2) is 4.99 Å². The van der Waals surface area contributed by atoms with Gasteiger partial charge in [0.25, 0.3) is 0 Å². The molecule has 3 nitrogen and oxygen atoms in total. The zero-order chi connectivity index (χ0) is 20.1. The van der Waals surface area contributed by atoms with Crippen molar-refractivity contribution in [3.05, 3.63) is 99.6 Å². The molecule has 0 amide bonds. The Balaban J connectivity index is 1.76. The molecule has 0 saturated heterocycles. The number of halogens is 1. The number of hydrogen-bond donors (Lipinski definition) is 0. The van der Waals surface area contributed by atoms with Crippen LogP contribution in [0.5, 0.6) is 5.75 Å². The Hall–Kier alpha value is -2.82. The summed E-state index contributed by atoms with van der Waals surface area (Å²) in [4.78, 5) is 5.85. The van der Waals surface area contributed by atoms with Crippen LogP contribution in [0.3, 0.4) is 0 Å². The van der Waals surface area contributed by atoms with Crippen molar-refractivity contribution in [3.8, 4) is 17.0 Å². The van der Waals surface area contributed by atoms with E-state index in [2.05, 4.69) is 34.2 Å². The van der Waals surface area contributed by atoms with Gasteiger partial charge in [-0.3, -0.25) is 0 Å². The lowest BCUT2D eigenvalue weighted by atomic mass is 10.1. The third kappa shape index (κ3) is 4.61. The number of rotatable bonds is 6. The van der Waals surface area contributed by atoms with Gasteiger partial charge >= 0.3 is 0 Å². The molecule has 29 heavy (non-hydrogen) atoms. The lowest BCUT2D eigenvalue weighted by Crippen LogP contribution is -2.17. The van der Waals surface area contributed by atoms with Gasteiger partial charge in [-0.05, 0) is 42.3 Å². The minimum atomic E-state index is 0.604. The minimum Gasteiger partial charge on any atom is -0.495 e. The number of ether oxygens (including phenoxy) is 1. The number of hydrogen-bond acceptors (Lipinski definition) is 3. The quantitative estimate of drug-likeness (QED) is 0.356. The zero-order valence-electron chi connectivity index (χ0n) is 16.1. The van der Waals surface area contributed by atoms with Crippen LogP contribution >= 0.6 is 22.9 Å². The van der Waals surface area contributed by atoms with E-state index < -0.39 is 0 Å². The van der Waals surface area contributed by atoms with Crippen LogP contribution in [0, 0.1) is 0 Å². The van der Waals surface area contributed by atoms with Crippen molar-refractivity contribution >= 4 is 28.6 Å². The van der Waals surface area contributed by atoms with Crippen LogP contribution in [0.1, 0.15) is 5.56 Å². The Kier molecular flexibility index (Phi) is 6.13. The predicted octanol–water partition coefficient (Wildman–Crippen LogP) is 6.35. The highest BCUT2D eigenvalue weighted by Crippen LogP contribution is 2.30. The number of nitrogens with zero attached hydrogens (tertiary/aromatic N) is 2. The van der Waals surface area contributed by atoms with Crippen LogP contribution in [-0.4, -0.2) is 11.7 Å². The van der Waals surface area contributed by atoms with E-state index in [9.17, 15) is 0 Å². The van der Waals surface area contributed by atoms with Gasteiger partial charge < -0.3 is 9.30 Å². The van der Waals surface area contributed by atoms with Gasteiger partial charge in [0.05, 0.1) is 23.5 Å². The molecule has 4 rings (SSSR count). The summed E-state index contributed by atoms with van der Waals surface area (Å²) >= 11 is 8.03. The Morgan fingerprint density at radius 1 is 0.966 bits per heavy atom. The Morgan fingerprint density at radius 2 is 1.69 bits per heavy atom. The fraction of sp³-hybridized carbons (Fsp3) is 0.125. The lowest BCUT2D eigenvalue weighted by molar-refractivity contribution is 0.415. The van der Waals surface area contributed by atoms with Crippen molar-refractivity contribution < 1.29 is 4.74 Å². The molecule has 0 atom stereocenters. The van der Waals surface area contributed by atoms with Crippen molar-refractivity contribution in [1.82, 2.24) is 4.57 Å². The first-order valence-electron chi connectivity index (χ1n) is 9.40. The number of benzene rings is 3. The average Bonchev–Trinajstić information content (AvgIpc) is 3.16. The van der Waals surface area contributed by atoms with Crippen molar-refractivity contribution in [3.63, 3.8) is 0 Å². The molecule has 0 N–H and O–H groups in total. The van der Waals surface area contributed by atoms with Crippen molar-refractivity contribution in [2.75, 3.05) is 7.11 Å². The molecule has 4 aromatic rings. The molecule has 5 heteroatoms.